The molecule has 0 atom stereocenters. The Hall–Kier alpha value is -3.66. The van der Waals surface area contributed by atoms with Gasteiger partial charge in [0.25, 0.3) is 0 Å². The number of fused-ring (bicyclic) bond motifs is 1. The van der Waals surface area contributed by atoms with E-state index in [-0.39, 0.29) is 11.9 Å². The van der Waals surface area contributed by atoms with E-state index in [2.05, 4.69) is 15.0 Å². The highest BCUT2D eigenvalue weighted by molar-refractivity contribution is 5.83. The zero-order valence-corrected chi connectivity index (χ0v) is 21.4. The monoisotopic (exact) mass is 520 g/mol. The topological polar surface area (TPSA) is 89.2 Å². The second kappa shape index (κ2) is 9.58. The van der Waals surface area contributed by atoms with Crippen molar-refractivity contribution in [1.82, 2.24) is 24.7 Å². The third kappa shape index (κ3) is 5.31. The summed E-state index contributed by atoms with van der Waals surface area (Å²) in [7, 11) is 0. The summed E-state index contributed by atoms with van der Waals surface area (Å²) in [5.41, 5.74) is 2.89. The highest BCUT2D eigenvalue weighted by atomic mass is 19.1. The number of aliphatic hydroxyl groups is 1. The van der Waals surface area contributed by atoms with Crippen LogP contribution >= 0.6 is 0 Å². The maximum absolute atomic E-state index is 14.1. The van der Waals surface area contributed by atoms with Crippen molar-refractivity contribution in [1.29, 1.82) is 0 Å². The first-order valence-electron chi connectivity index (χ1n) is 13.0. The lowest BCUT2D eigenvalue weighted by atomic mass is 10.0. The van der Waals surface area contributed by atoms with Gasteiger partial charge < -0.3 is 14.7 Å². The molecule has 0 amide bonds. The maximum Gasteiger partial charge on any atom is 0.167 e. The summed E-state index contributed by atoms with van der Waals surface area (Å²) in [6.45, 7) is 4.79. The molecule has 1 N–H and O–H groups in total. The molecule has 1 saturated carbocycles. The van der Waals surface area contributed by atoms with Crippen LogP contribution in [0.3, 0.4) is 0 Å². The molecule has 3 aromatic heterocycles. The number of hydrogen-bond acceptors (Lipinski definition) is 7. The highest BCUT2D eigenvalue weighted by Crippen LogP contribution is 2.37. The first kappa shape index (κ1) is 24.7. The van der Waals surface area contributed by atoms with E-state index < -0.39 is 17.2 Å². The molecule has 2 fully saturated rings. The predicted octanol–water partition coefficient (Wildman–Crippen LogP) is 4.86. The molecule has 0 spiro atoms. The summed E-state index contributed by atoms with van der Waals surface area (Å²) in [5.74, 6) is -0.509. The van der Waals surface area contributed by atoms with Crippen LogP contribution in [0.15, 0.2) is 42.9 Å². The fourth-order valence-electron chi connectivity index (χ4n) is 4.88. The molecule has 0 unspecified atom stereocenters. The van der Waals surface area contributed by atoms with Crippen molar-refractivity contribution in [3.63, 3.8) is 0 Å². The number of aromatic nitrogens is 5. The van der Waals surface area contributed by atoms with Crippen molar-refractivity contribution in [2.45, 2.75) is 63.7 Å². The van der Waals surface area contributed by atoms with Gasteiger partial charge in [-0.1, -0.05) is 0 Å². The second-order valence-corrected chi connectivity index (χ2v) is 10.9. The van der Waals surface area contributed by atoms with Crippen LogP contribution in [0, 0.1) is 11.6 Å². The smallest absolute Gasteiger partial charge is 0.167 e. The third-order valence-corrected chi connectivity index (χ3v) is 6.93. The minimum Gasteiger partial charge on any atom is -0.487 e. The third-order valence-electron chi connectivity index (χ3n) is 6.93. The van der Waals surface area contributed by atoms with Gasteiger partial charge in [-0.15, -0.1) is 0 Å². The molecule has 4 heterocycles. The average Bonchev–Trinajstić information content (AvgIpc) is 3.61. The van der Waals surface area contributed by atoms with Crippen molar-refractivity contribution < 1.29 is 18.6 Å². The molecule has 0 radical (unpaired) electrons. The largest absolute Gasteiger partial charge is 0.487 e. The van der Waals surface area contributed by atoms with Crippen LogP contribution in [-0.4, -0.2) is 54.6 Å². The van der Waals surface area contributed by atoms with Crippen LogP contribution in [0.5, 0.6) is 5.75 Å². The Balaban J connectivity index is 1.29. The molecule has 0 bridgehead atoms. The Kier molecular flexibility index (Phi) is 6.22. The van der Waals surface area contributed by atoms with Crippen molar-refractivity contribution in [2.75, 3.05) is 18.0 Å². The molecule has 1 aliphatic carbocycles. The predicted molar refractivity (Wildman–Crippen MR) is 139 cm³/mol. The van der Waals surface area contributed by atoms with Crippen molar-refractivity contribution in [3.05, 3.63) is 60.2 Å². The van der Waals surface area contributed by atoms with Gasteiger partial charge in [-0.3, -0.25) is 9.67 Å². The molecule has 6 rings (SSSR count). The molecule has 2 aliphatic rings. The molecule has 1 aliphatic heterocycles. The van der Waals surface area contributed by atoms with Crippen LogP contribution in [0.1, 0.15) is 51.3 Å². The van der Waals surface area contributed by atoms with E-state index in [1.54, 1.807) is 20.0 Å². The summed E-state index contributed by atoms with van der Waals surface area (Å²) < 4.78 is 35.2. The number of benzene rings is 1. The number of halogens is 2. The molecule has 10 heteroatoms. The van der Waals surface area contributed by atoms with E-state index in [1.165, 1.54) is 12.1 Å². The van der Waals surface area contributed by atoms with Crippen LogP contribution in [-0.2, 0) is 6.42 Å². The van der Waals surface area contributed by atoms with Crippen LogP contribution < -0.4 is 9.64 Å². The highest BCUT2D eigenvalue weighted by Gasteiger charge is 2.28. The first-order chi connectivity index (χ1) is 18.2. The Morgan fingerprint density at radius 2 is 1.82 bits per heavy atom. The molecular formula is C28H30F2N6O2. The molecule has 8 nitrogen and oxygen atoms in total. The minimum absolute atomic E-state index is 0.0662. The summed E-state index contributed by atoms with van der Waals surface area (Å²) in [5, 5.41) is 14.8. The molecule has 198 valence electrons. The quantitative estimate of drug-likeness (QED) is 0.372. The fourth-order valence-corrected chi connectivity index (χ4v) is 4.88. The number of ether oxygens (including phenoxy) is 1. The molecule has 1 saturated heterocycles. The lowest BCUT2D eigenvalue weighted by Crippen LogP contribution is -2.39. The van der Waals surface area contributed by atoms with Gasteiger partial charge in [0.1, 0.15) is 23.1 Å². The molecule has 4 aromatic rings. The van der Waals surface area contributed by atoms with Crippen LogP contribution in [0.25, 0.3) is 22.3 Å². The van der Waals surface area contributed by atoms with Gasteiger partial charge in [-0.05, 0) is 44.9 Å². The van der Waals surface area contributed by atoms with Gasteiger partial charge in [0, 0.05) is 55.9 Å². The lowest BCUT2D eigenvalue weighted by molar-refractivity contribution is 0.0800. The molecule has 38 heavy (non-hydrogen) atoms. The maximum atomic E-state index is 14.1. The van der Waals surface area contributed by atoms with Crippen LogP contribution in [0.4, 0.5) is 14.6 Å². The zero-order valence-electron chi connectivity index (χ0n) is 21.4. The summed E-state index contributed by atoms with van der Waals surface area (Å²) in [6, 6.07) is 5.71. The molecular weight excluding hydrogens is 490 g/mol. The normalized spacial score (nSPS) is 16.8. The average molecular weight is 521 g/mol. The Morgan fingerprint density at radius 1 is 1.03 bits per heavy atom. The standard InChI is InChI=1S/C28H30F2N6O2/c1-28(2,37)13-19-12-23-24(15-31-19)34-27(26(33-23)17-14-32-36(16-17)20-4-5-20)35-9-7-21(8-10-35)38-25-6-3-18(29)11-22(25)30/h3,6,11-12,14-16,20-21,37H,4-5,7-10,13H2,1-2H3. The number of hydrogen-bond donors (Lipinski definition) is 1. The summed E-state index contributed by atoms with van der Waals surface area (Å²) >= 11 is 0. The van der Waals surface area contributed by atoms with Gasteiger partial charge in [-0.2, -0.15) is 5.10 Å². The van der Waals surface area contributed by atoms with Crippen molar-refractivity contribution in [2.24, 2.45) is 0 Å². The Labute approximate surface area is 219 Å². The van der Waals surface area contributed by atoms with Gasteiger partial charge in [-0.25, -0.2) is 18.7 Å². The van der Waals surface area contributed by atoms with E-state index in [4.69, 9.17) is 14.7 Å². The van der Waals surface area contributed by atoms with Crippen molar-refractivity contribution >= 4 is 16.9 Å². The van der Waals surface area contributed by atoms with E-state index in [0.717, 1.165) is 41.7 Å². The fraction of sp³-hybridized carbons (Fsp3) is 0.429. The SMILES string of the molecule is CC(C)(O)Cc1cc2nc(-c3cnn(C4CC4)c3)c(N3CCC(Oc4ccc(F)cc4F)CC3)nc2cn1. The number of nitrogens with zero attached hydrogens (tertiary/aromatic N) is 6. The number of pyridine rings is 1. The Morgan fingerprint density at radius 3 is 2.53 bits per heavy atom. The lowest BCUT2D eigenvalue weighted by Gasteiger charge is -2.33. The number of piperidine rings is 1. The number of rotatable bonds is 7. The van der Waals surface area contributed by atoms with Gasteiger partial charge in [0.2, 0.25) is 0 Å². The zero-order chi connectivity index (χ0) is 26.4. The second-order valence-electron chi connectivity index (χ2n) is 10.9. The van der Waals surface area contributed by atoms with E-state index in [1.807, 2.05) is 23.1 Å². The Bertz CT molecular complexity index is 1470. The number of anilines is 1. The van der Waals surface area contributed by atoms with Crippen LogP contribution in [0.2, 0.25) is 0 Å². The summed E-state index contributed by atoms with van der Waals surface area (Å²) in [4.78, 5) is 16.7. The first-order valence-corrected chi connectivity index (χ1v) is 13.0. The van der Waals surface area contributed by atoms with Crippen molar-refractivity contribution in [3.8, 4) is 17.0 Å². The van der Waals surface area contributed by atoms with E-state index >= 15 is 0 Å². The van der Waals surface area contributed by atoms with E-state index in [0.29, 0.717) is 49.4 Å². The van der Waals surface area contributed by atoms with Gasteiger partial charge in [0.15, 0.2) is 17.4 Å². The minimum atomic E-state index is -0.883. The van der Waals surface area contributed by atoms with Gasteiger partial charge in [0.05, 0.1) is 29.6 Å². The van der Waals surface area contributed by atoms with E-state index in [9.17, 15) is 13.9 Å². The molecule has 1 aromatic carbocycles. The van der Waals surface area contributed by atoms with Gasteiger partial charge >= 0.3 is 0 Å². The summed E-state index contributed by atoms with van der Waals surface area (Å²) in [6.07, 6.45) is 9.36.